The van der Waals surface area contributed by atoms with Crippen molar-refractivity contribution >= 4 is 13.2 Å². The zero-order chi connectivity index (χ0) is 22.4. The lowest BCUT2D eigenvalue weighted by Crippen LogP contribution is -2.05. The zero-order valence-electron chi connectivity index (χ0n) is 20.0. The molecule has 0 heterocycles. The van der Waals surface area contributed by atoms with Crippen LogP contribution in [0, 0.1) is 5.92 Å². The lowest BCUT2D eigenvalue weighted by atomic mass is 10.00. The first kappa shape index (κ1) is 27.8. The summed E-state index contributed by atoms with van der Waals surface area (Å²) in [4.78, 5) is 0. The summed E-state index contributed by atoms with van der Waals surface area (Å²) < 4.78 is 5.73. The number of allylic oxidation sites excluding steroid dienone is 4. The number of unbranched alkanes of at least 4 members (excludes halogenated alkanes) is 2. The molecule has 1 nitrogen and oxygen atoms in total. The van der Waals surface area contributed by atoms with Crippen molar-refractivity contribution in [3.63, 3.8) is 0 Å². The maximum absolute atomic E-state index is 5.73. The Hall–Kier alpha value is -1.20. The minimum atomic E-state index is -1.18. The van der Waals surface area contributed by atoms with Crippen LogP contribution in [0.3, 0.4) is 0 Å². The van der Waals surface area contributed by atoms with Crippen molar-refractivity contribution in [2.24, 2.45) is 5.92 Å². The summed E-state index contributed by atoms with van der Waals surface area (Å²) in [5.41, 5.74) is 4.59. The molecule has 2 heteroatoms. The van der Waals surface area contributed by atoms with E-state index in [-0.39, 0.29) is 0 Å². The summed E-state index contributed by atoms with van der Waals surface area (Å²) in [6, 6.07) is 0. The normalized spacial score (nSPS) is 13.0. The Morgan fingerprint density at radius 2 is 1.28 bits per heavy atom. The van der Waals surface area contributed by atoms with E-state index in [9.17, 15) is 0 Å². The van der Waals surface area contributed by atoms with Gasteiger partial charge in [-0.2, -0.15) is 0 Å². The molecule has 0 aliphatic rings. The second kappa shape index (κ2) is 14.7. The van der Waals surface area contributed by atoms with E-state index in [0.717, 1.165) is 37.0 Å². The van der Waals surface area contributed by atoms with Gasteiger partial charge in [0.15, 0.2) is 0 Å². The molecule has 1 atom stereocenters. The van der Waals surface area contributed by atoms with Crippen LogP contribution in [-0.4, -0.2) is 31.4 Å². The van der Waals surface area contributed by atoms with Gasteiger partial charge in [0.25, 0.3) is 0 Å². The topological polar surface area (TPSA) is 9.23 Å². The number of ether oxygens (including phenoxy) is 1. The SMILES string of the molecule is C=C(C)C(=C)CCCCP(=C)(CCCCC(=C)C(C)C)CCCOC(=C)C(=C)C. The number of hydrogen-bond donors (Lipinski definition) is 0. The summed E-state index contributed by atoms with van der Waals surface area (Å²) in [5, 5.41) is 0. The van der Waals surface area contributed by atoms with E-state index in [4.69, 9.17) is 11.0 Å². The minimum absolute atomic E-state index is 0.592. The third kappa shape index (κ3) is 13.6. The fourth-order valence-corrected chi connectivity index (χ4v) is 6.40. The van der Waals surface area contributed by atoms with Gasteiger partial charge < -0.3 is 4.74 Å². The molecule has 0 saturated heterocycles. The smallest absolute Gasteiger partial charge is 0.114 e. The molecule has 0 aromatic carbocycles. The Bertz CT molecular complexity index is 582. The van der Waals surface area contributed by atoms with E-state index in [2.05, 4.69) is 46.7 Å². The second-order valence-electron chi connectivity index (χ2n) is 9.03. The molecule has 0 saturated carbocycles. The Labute approximate surface area is 182 Å². The van der Waals surface area contributed by atoms with Crippen molar-refractivity contribution in [1.82, 2.24) is 0 Å². The van der Waals surface area contributed by atoms with Gasteiger partial charge in [0.05, 0.1) is 6.61 Å². The zero-order valence-corrected chi connectivity index (χ0v) is 20.8. The molecule has 166 valence electrons. The predicted octanol–water partition coefficient (Wildman–Crippen LogP) is 8.62. The van der Waals surface area contributed by atoms with Crippen LogP contribution in [0.4, 0.5) is 0 Å². The lowest BCUT2D eigenvalue weighted by Gasteiger charge is -2.25. The molecule has 0 aromatic rings. The molecule has 0 rings (SSSR count). The molecule has 0 N–H and O–H groups in total. The highest BCUT2D eigenvalue weighted by Crippen LogP contribution is 2.47. The fourth-order valence-electron chi connectivity index (χ4n) is 3.14. The highest BCUT2D eigenvalue weighted by molar-refractivity contribution is 7.73. The Morgan fingerprint density at radius 1 is 0.759 bits per heavy atom. The van der Waals surface area contributed by atoms with Crippen LogP contribution in [0.25, 0.3) is 0 Å². The molecule has 0 radical (unpaired) electrons. The van der Waals surface area contributed by atoms with Crippen LogP contribution >= 0.6 is 6.89 Å². The molecule has 0 aliphatic carbocycles. The van der Waals surface area contributed by atoms with Crippen molar-refractivity contribution in [2.75, 3.05) is 25.1 Å². The van der Waals surface area contributed by atoms with Crippen LogP contribution in [0.5, 0.6) is 0 Å². The van der Waals surface area contributed by atoms with E-state index in [0.29, 0.717) is 11.7 Å². The third-order valence-corrected chi connectivity index (χ3v) is 9.49. The van der Waals surface area contributed by atoms with E-state index < -0.39 is 6.89 Å². The van der Waals surface area contributed by atoms with Gasteiger partial charge in [0, 0.05) is 0 Å². The highest BCUT2D eigenvalue weighted by Gasteiger charge is 2.14. The average Bonchev–Trinajstić information content (AvgIpc) is 2.65. The summed E-state index contributed by atoms with van der Waals surface area (Å²) in [7, 11) is 0. The summed E-state index contributed by atoms with van der Waals surface area (Å²) >= 11 is 0. The summed E-state index contributed by atoms with van der Waals surface area (Å²) in [6.45, 7) is 28.1. The molecule has 0 spiro atoms. The maximum atomic E-state index is 5.73. The standard InChI is InChI=1S/C27H47OP/c1-22(2)25(7)16-11-13-19-29(10,20-14-12-17-26(8)23(3)4)21-15-18-28-27(9)24(5)6/h23H,1,5,7-21H2,2-4,6H3. The van der Waals surface area contributed by atoms with Crippen LogP contribution in [0.2, 0.25) is 0 Å². The van der Waals surface area contributed by atoms with Crippen LogP contribution in [0.15, 0.2) is 60.9 Å². The Balaban J connectivity index is 4.54. The van der Waals surface area contributed by atoms with Gasteiger partial charge in [-0.05, 0) is 88.8 Å². The quantitative estimate of drug-likeness (QED) is 0.0711. The predicted molar refractivity (Wildman–Crippen MR) is 139 cm³/mol. The first-order valence-electron chi connectivity index (χ1n) is 11.2. The molecule has 0 aliphatic heterocycles. The van der Waals surface area contributed by atoms with Crippen molar-refractivity contribution in [3.05, 3.63) is 60.9 Å². The Kier molecular flexibility index (Phi) is 14.1. The molecule has 0 fully saturated rings. The minimum Gasteiger partial charge on any atom is -0.494 e. The van der Waals surface area contributed by atoms with Gasteiger partial charge in [-0.15, -0.1) is 13.2 Å². The van der Waals surface area contributed by atoms with E-state index in [1.54, 1.807) is 0 Å². The van der Waals surface area contributed by atoms with Crippen LogP contribution in [-0.2, 0) is 4.74 Å². The van der Waals surface area contributed by atoms with Crippen LogP contribution < -0.4 is 0 Å². The van der Waals surface area contributed by atoms with Gasteiger partial charge in [-0.25, -0.2) is 0 Å². The fraction of sp³-hybridized carbons (Fsp3) is 0.593. The second-order valence-corrected chi connectivity index (χ2v) is 13.1. The number of rotatable bonds is 18. The van der Waals surface area contributed by atoms with Crippen LogP contribution in [0.1, 0.15) is 72.6 Å². The van der Waals surface area contributed by atoms with Crippen molar-refractivity contribution in [1.29, 1.82) is 0 Å². The average molecular weight is 419 g/mol. The molecule has 0 aromatic heterocycles. The van der Waals surface area contributed by atoms with Gasteiger partial charge in [0.2, 0.25) is 0 Å². The molecule has 0 bridgehead atoms. The van der Waals surface area contributed by atoms with Crippen molar-refractivity contribution in [3.8, 4) is 0 Å². The molecule has 29 heavy (non-hydrogen) atoms. The van der Waals surface area contributed by atoms with Crippen molar-refractivity contribution in [2.45, 2.75) is 72.6 Å². The highest BCUT2D eigenvalue weighted by atomic mass is 31.2. The van der Waals surface area contributed by atoms with E-state index in [1.165, 1.54) is 55.3 Å². The summed E-state index contributed by atoms with van der Waals surface area (Å²) in [5.74, 6) is 1.30. The lowest BCUT2D eigenvalue weighted by molar-refractivity contribution is 0.223. The molecular weight excluding hydrogens is 371 g/mol. The first-order chi connectivity index (χ1) is 13.5. The largest absolute Gasteiger partial charge is 0.494 e. The van der Waals surface area contributed by atoms with E-state index >= 15 is 0 Å². The van der Waals surface area contributed by atoms with Gasteiger partial charge in [0.1, 0.15) is 5.76 Å². The van der Waals surface area contributed by atoms with Gasteiger partial charge in [-0.3, -0.25) is 0 Å². The molecule has 0 amide bonds. The third-order valence-electron chi connectivity index (χ3n) is 5.69. The number of hydrogen-bond acceptors (Lipinski definition) is 1. The van der Waals surface area contributed by atoms with Gasteiger partial charge in [-0.1, -0.05) is 63.5 Å². The Morgan fingerprint density at radius 3 is 1.76 bits per heavy atom. The molecule has 1 unspecified atom stereocenters. The first-order valence-corrected chi connectivity index (χ1v) is 13.7. The monoisotopic (exact) mass is 418 g/mol. The molecular formula is C27H47OP. The van der Waals surface area contributed by atoms with Crippen molar-refractivity contribution < 1.29 is 4.74 Å². The maximum Gasteiger partial charge on any atom is 0.114 e. The summed E-state index contributed by atoms with van der Waals surface area (Å²) in [6.07, 6.45) is 16.7. The van der Waals surface area contributed by atoms with Gasteiger partial charge >= 0.3 is 0 Å². The van der Waals surface area contributed by atoms with E-state index in [1.807, 2.05) is 13.8 Å².